The van der Waals surface area contributed by atoms with Gasteiger partial charge in [-0.15, -0.1) is 0 Å². The lowest BCUT2D eigenvalue weighted by Gasteiger charge is -2.43. The maximum Gasteiger partial charge on any atom is 0.261 e. The summed E-state index contributed by atoms with van der Waals surface area (Å²) in [6.45, 7) is 25.1. The molecule has 0 aliphatic carbocycles. The fourth-order valence-corrected chi connectivity index (χ4v) is 12.4. The van der Waals surface area contributed by atoms with Crippen LogP contribution in [0.2, 0.25) is 23.2 Å². The zero-order valence-corrected chi connectivity index (χ0v) is 35.8. The molecule has 1 saturated heterocycles. The van der Waals surface area contributed by atoms with Gasteiger partial charge in [-0.3, -0.25) is 0 Å². The van der Waals surface area contributed by atoms with Crippen LogP contribution < -0.4 is 10.4 Å². The summed E-state index contributed by atoms with van der Waals surface area (Å²) >= 11 is 0. The normalized spacial score (nSPS) is 19.5. The van der Waals surface area contributed by atoms with E-state index in [4.69, 9.17) is 27.8 Å². The molecule has 8 heteroatoms. The number of hydrogen-bond donors (Lipinski definition) is 0. The van der Waals surface area contributed by atoms with E-state index >= 15 is 0 Å². The molecule has 0 aromatic heterocycles. The van der Waals surface area contributed by atoms with Crippen LogP contribution in [0.4, 0.5) is 0 Å². The van der Waals surface area contributed by atoms with E-state index in [1.807, 2.05) is 13.8 Å². The van der Waals surface area contributed by atoms with Gasteiger partial charge >= 0.3 is 0 Å². The minimum absolute atomic E-state index is 0.113. The Morgan fingerprint density at radius 2 is 1.45 bits per heavy atom. The van der Waals surface area contributed by atoms with Crippen molar-refractivity contribution in [3.05, 3.63) is 72.8 Å². The monoisotopic (exact) mass is 736 g/mol. The highest BCUT2D eigenvalue weighted by Gasteiger charge is 2.52. The summed E-state index contributed by atoms with van der Waals surface area (Å²) in [5.74, 6) is 5.97. The quantitative estimate of drug-likeness (QED) is 0.0500. The summed E-state index contributed by atoms with van der Waals surface area (Å²) < 4.78 is 38.5. The van der Waals surface area contributed by atoms with Crippen LogP contribution in [-0.2, 0) is 27.8 Å². The number of allylic oxidation sites excluding steroid dienone is 1. The molecule has 1 aliphatic rings. The SMILES string of the molecule is CCCCC[C@H](/C=C/CC#C[C@H](C[C@@H]1OC(C)(C)O[C@@H]1CO[Si](c1ccccc1)(c1ccccc1)C(C)(C)C)OCOC)O[Si](C)(C)C(C)(C)C. The average Bonchev–Trinajstić information content (AvgIpc) is 3.35. The van der Waals surface area contributed by atoms with Gasteiger partial charge in [-0.25, -0.2) is 0 Å². The summed E-state index contributed by atoms with van der Waals surface area (Å²) in [6, 6.07) is 21.4. The Kier molecular flexibility index (Phi) is 16.4. The maximum atomic E-state index is 7.28. The molecule has 0 bridgehead atoms. The van der Waals surface area contributed by atoms with E-state index in [9.17, 15) is 0 Å². The van der Waals surface area contributed by atoms with Crippen LogP contribution in [0.25, 0.3) is 0 Å². The molecular formula is C43H68O6Si2. The Bertz CT molecular complexity index is 1350. The van der Waals surface area contributed by atoms with Gasteiger partial charge in [0.05, 0.1) is 18.8 Å². The van der Waals surface area contributed by atoms with Crippen LogP contribution in [0, 0.1) is 11.8 Å². The molecule has 1 heterocycles. The summed E-state index contributed by atoms with van der Waals surface area (Å²) in [5.41, 5.74) is 0. The number of benzene rings is 2. The fourth-order valence-electron chi connectivity index (χ4n) is 6.55. The molecule has 6 nitrogen and oxygen atoms in total. The average molecular weight is 737 g/mol. The minimum atomic E-state index is -2.76. The van der Waals surface area contributed by atoms with E-state index in [2.05, 4.69) is 146 Å². The van der Waals surface area contributed by atoms with Crippen LogP contribution in [0.5, 0.6) is 0 Å². The van der Waals surface area contributed by atoms with E-state index in [1.54, 1.807) is 7.11 Å². The predicted octanol–water partition coefficient (Wildman–Crippen LogP) is 9.38. The van der Waals surface area contributed by atoms with Crippen LogP contribution in [-0.4, -0.2) is 67.3 Å². The summed E-state index contributed by atoms with van der Waals surface area (Å²) in [7, 11) is -3.02. The molecule has 0 N–H and O–H groups in total. The standard InChI is InChI=1S/C43H68O6Si2/c1-13-14-18-25-35(49-50(11,12)41(2,3)4)26-19-15-20-27-36(45-34-44-10)32-39-40(48-43(8,9)47-39)33-46-51(42(5,6)7,37-28-21-16-22-29-37)38-30-23-17-24-31-38/h16-17,19,21-24,26,28-31,35-36,39-40H,13-15,18,25,32-34H2,1-12H3/b26-19+/t35-,36-,39+,40-/m1/s1. The number of hydrogen-bond acceptors (Lipinski definition) is 6. The van der Waals surface area contributed by atoms with Crippen molar-refractivity contribution in [2.45, 2.75) is 154 Å². The van der Waals surface area contributed by atoms with Crippen molar-refractivity contribution in [1.29, 1.82) is 0 Å². The molecule has 0 saturated carbocycles. The molecule has 1 fully saturated rings. The van der Waals surface area contributed by atoms with Gasteiger partial charge in [-0.1, -0.05) is 152 Å². The van der Waals surface area contributed by atoms with Crippen molar-refractivity contribution in [2.24, 2.45) is 0 Å². The van der Waals surface area contributed by atoms with Gasteiger partial charge in [0.15, 0.2) is 14.1 Å². The molecule has 3 rings (SSSR count). The molecular weight excluding hydrogens is 669 g/mol. The van der Waals surface area contributed by atoms with Crippen LogP contribution in [0.1, 0.15) is 101 Å². The molecule has 0 radical (unpaired) electrons. The molecule has 284 valence electrons. The highest BCUT2D eigenvalue weighted by molar-refractivity contribution is 6.99. The lowest BCUT2D eigenvalue weighted by atomic mass is 10.1. The van der Waals surface area contributed by atoms with Gasteiger partial charge in [-0.2, -0.15) is 0 Å². The zero-order chi connectivity index (χ0) is 37.8. The summed E-state index contributed by atoms with van der Waals surface area (Å²) in [5, 5.41) is 2.49. The molecule has 51 heavy (non-hydrogen) atoms. The van der Waals surface area contributed by atoms with Crippen molar-refractivity contribution in [1.82, 2.24) is 0 Å². The molecule has 0 unspecified atom stereocenters. The second kappa shape index (κ2) is 19.3. The van der Waals surface area contributed by atoms with Crippen molar-refractivity contribution in [3.8, 4) is 11.8 Å². The Balaban J connectivity index is 1.80. The largest absolute Gasteiger partial charge is 0.411 e. The van der Waals surface area contributed by atoms with Crippen molar-refractivity contribution in [2.75, 3.05) is 20.5 Å². The van der Waals surface area contributed by atoms with Crippen LogP contribution in [0.15, 0.2) is 72.8 Å². The van der Waals surface area contributed by atoms with E-state index in [1.165, 1.54) is 29.6 Å². The third-order valence-electron chi connectivity index (χ3n) is 10.2. The number of methoxy groups -OCH3 is 1. The number of unbranched alkanes of at least 4 members (excludes halogenated alkanes) is 2. The Morgan fingerprint density at radius 3 is 1.98 bits per heavy atom. The maximum absolute atomic E-state index is 7.28. The second-order valence-corrected chi connectivity index (χ2v) is 25.9. The molecule has 0 amide bonds. The smallest absolute Gasteiger partial charge is 0.261 e. The first-order valence-electron chi connectivity index (χ1n) is 19.0. The van der Waals surface area contributed by atoms with Gasteiger partial charge in [0, 0.05) is 20.0 Å². The fraction of sp³-hybridized carbons (Fsp3) is 0.628. The van der Waals surface area contributed by atoms with E-state index in [0.29, 0.717) is 19.4 Å². The van der Waals surface area contributed by atoms with Gasteiger partial charge in [0.2, 0.25) is 0 Å². The first kappa shape index (κ1) is 43.3. The van der Waals surface area contributed by atoms with Gasteiger partial charge in [0.1, 0.15) is 19.0 Å². The van der Waals surface area contributed by atoms with Crippen molar-refractivity contribution in [3.63, 3.8) is 0 Å². The Morgan fingerprint density at radius 1 is 0.863 bits per heavy atom. The van der Waals surface area contributed by atoms with Crippen molar-refractivity contribution >= 4 is 27.0 Å². The summed E-state index contributed by atoms with van der Waals surface area (Å²) in [6.07, 6.45) is 9.31. The highest BCUT2D eigenvalue weighted by atomic mass is 28.4. The predicted molar refractivity (Wildman–Crippen MR) is 217 cm³/mol. The highest BCUT2D eigenvalue weighted by Crippen LogP contribution is 2.39. The Labute approximate surface area is 313 Å². The topological polar surface area (TPSA) is 55.4 Å². The molecule has 1 aliphatic heterocycles. The minimum Gasteiger partial charge on any atom is -0.411 e. The molecule has 2 aromatic rings. The van der Waals surface area contributed by atoms with Gasteiger partial charge < -0.3 is 27.8 Å². The van der Waals surface area contributed by atoms with Gasteiger partial charge in [-0.05, 0) is 53.8 Å². The van der Waals surface area contributed by atoms with E-state index < -0.39 is 22.4 Å². The zero-order valence-electron chi connectivity index (χ0n) is 33.8. The van der Waals surface area contributed by atoms with Crippen LogP contribution >= 0.6 is 0 Å². The second-order valence-electron chi connectivity index (χ2n) is 16.8. The Hall–Kier alpha value is -2.07. The lowest BCUT2D eigenvalue weighted by molar-refractivity contribution is -0.151. The van der Waals surface area contributed by atoms with E-state index in [-0.39, 0.29) is 41.3 Å². The summed E-state index contributed by atoms with van der Waals surface area (Å²) in [4.78, 5) is 0. The first-order chi connectivity index (χ1) is 24.0. The third kappa shape index (κ3) is 12.5. The molecule has 2 aromatic carbocycles. The third-order valence-corrected chi connectivity index (χ3v) is 19.7. The number of rotatable bonds is 18. The lowest BCUT2D eigenvalue weighted by Crippen LogP contribution is -2.67. The molecule has 4 atom stereocenters. The molecule has 0 spiro atoms. The van der Waals surface area contributed by atoms with Crippen molar-refractivity contribution < 1.29 is 27.8 Å². The van der Waals surface area contributed by atoms with Gasteiger partial charge in [0.25, 0.3) is 8.32 Å². The van der Waals surface area contributed by atoms with Crippen LogP contribution in [0.3, 0.4) is 0 Å². The number of ether oxygens (including phenoxy) is 4. The van der Waals surface area contributed by atoms with E-state index in [0.717, 1.165) is 6.42 Å². The first-order valence-corrected chi connectivity index (χ1v) is 23.8.